The van der Waals surface area contributed by atoms with E-state index in [1.165, 1.54) is 12.8 Å². The SMILES string of the molecule is CN(CCOCC1CC1)C(=O)CCCCCl. The Hall–Kier alpha value is -0.280. The lowest BCUT2D eigenvalue weighted by Crippen LogP contribution is -2.30. The summed E-state index contributed by atoms with van der Waals surface area (Å²) >= 11 is 5.56. The van der Waals surface area contributed by atoms with E-state index in [9.17, 15) is 4.79 Å². The first kappa shape index (κ1) is 13.8. The third kappa shape index (κ3) is 6.33. The van der Waals surface area contributed by atoms with Gasteiger partial charge in [0.2, 0.25) is 5.91 Å². The molecule has 1 aliphatic rings. The lowest BCUT2D eigenvalue weighted by molar-refractivity contribution is -0.130. The summed E-state index contributed by atoms with van der Waals surface area (Å²) in [6.45, 7) is 2.23. The number of carbonyl (C=O) groups excluding carboxylic acids is 1. The highest BCUT2D eigenvalue weighted by molar-refractivity contribution is 6.17. The monoisotopic (exact) mass is 247 g/mol. The van der Waals surface area contributed by atoms with E-state index >= 15 is 0 Å². The van der Waals surface area contributed by atoms with Crippen LogP contribution < -0.4 is 0 Å². The zero-order valence-electron chi connectivity index (χ0n) is 10.1. The minimum Gasteiger partial charge on any atom is -0.379 e. The summed E-state index contributed by atoms with van der Waals surface area (Å²) in [7, 11) is 1.84. The van der Waals surface area contributed by atoms with E-state index in [2.05, 4.69) is 0 Å². The Morgan fingerprint density at radius 1 is 1.44 bits per heavy atom. The van der Waals surface area contributed by atoms with Crippen LogP contribution in [0.5, 0.6) is 0 Å². The third-order valence-electron chi connectivity index (χ3n) is 2.82. The van der Waals surface area contributed by atoms with Gasteiger partial charge in [-0.25, -0.2) is 0 Å². The molecule has 1 saturated carbocycles. The molecule has 0 spiro atoms. The fourth-order valence-corrected chi connectivity index (χ4v) is 1.61. The van der Waals surface area contributed by atoms with E-state index in [-0.39, 0.29) is 5.91 Å². The van der Waals surface area contributed by atoms with E-state index in [1.807, 2.05) is 7.05 Å². The standard InChI is InChI=1S/C12H22ClNO2/c1-14(12(15)4-2-3-7-13)8-9-16-10-11-5-6-11/h11H,2-10H2,1H3. The highest BCUT2D eigenvalue weighted by atomic mass is 35.5. The lowest BCUT2D eigenvalue weighted by Gasteiger charge is -2.17. The molecule has 0 unspecified atom stereocenters. The summed E-state index contributed by atoms with van der Waals surface area (Å²) in [6, 6.07) is 0. The van der Waals surface area contributed by atoms with Gasteiger partial charge in [-0.1, -0.05) is 0 Å². The smallest absolute Gasteiger partial charge is 0.222 e. The van der Waals surface area contributed by atoms with Gasteiger partial charge in [-0.2, -0.15) is 0 Å². The number of alkyl halides is 1. The van der Waals surface area contributed by atoms with Crippen LogP contribution in [-0.2, 0) is 9.53 Å². The second-order valence-corrected chi connectivity index (χ2v) is 4.86. The molecule has 0 bridgehead atoms. The molecule has 1 amide bonds. The number of nitrogens with zero attached hydrogens (tertiary/aromatic N) is 1. The van der Waals surface area contributed by atoms with E-state index < -0.39 is 0 Å². The van der Waals surface area contributed by atoms with Crippen molar-refractivity contribution in [2.45, 2.75) is 32.1 Å². The lowest BCUT2D eigenvalue weighted by atomic mass is 10.2. The summed E-state index contributed by atoms with van der Waals surface area (Å²) in [4.78, 5) is 13.3. The number of halogens is 1. The zero-order valence-corrected chi connectivity index (χ0v) is 10.8. The average Bonchev–Trinajstić information content (AvgIpc) is 3.08. The average molecular weight is 248 g/mol. The molecule has 0 aromatic rings. The van der Waals surface area contributed by atoms with Gasteiger partial charge in [-0.3, -0.25) is 4.79 Å². The first-order chi connectivity index (χ1) is 7.74. The number of rotatable bonds is 9. The van der Waals surface area contributed by atoms with Gasteiger partial charge in [0.25, 0.3) is 0 Å². The number of ether oxygens (including phenoxy) is 1. The number of amides is 1. The van der Waals surface area contributed by atoms with Crippen LogP contribution in [0.3, 0.4) is 0 Å². The molecule has 1 fully saturated rings. The Balaban J connectivity index is 1.94. The zero-order chi connectivity index (χ0) is 11.8. The predicted molar refractivity (Wildman–Crippen MR) is 65.8 cm³/mol. The number of carbonyl (C=O) groups is 1. The first-order valence-corrected chi connectivity index (χ1v) is 6.65. The highest BCUT2D eigenvalue weighted by Crippen LogP contribution is 2.28. The molecular weight excluding hydrogens is 226 g/mol. The van der Waals surface area contributed by atoms with Crippen LogP contribution in [0, 0.1) is 5.92 Å². The summed E-state index contributed by atoms with van der Waals surface area (Å²) in [6.07, 6.45) is 5.03. The van der Waals surface area contributed by atoms with E-state index in [0.29, 0.717) is 25.5 Å². The van der Waals surface area contributed by atoms with Gasteiger partial charge in [0.15, 0.2) is 0 Å². The quantitative estimate of drug-likeness (QED) is 0.462. The summed E-state index contributed by atoms with van der Waals surface area (Å²) < 4.78 is 5.49. The van der Waals surface area contributed by atoms with Gasteiger partial charge in [0.1, 0.15) is 0 Å². The van der Waals surface area contributed by atoms with Crippen molar-refractivity contribution in [1.29, 1.82) is 0 Å². The molecular formula is C12H22ClNO2. The highest BCUT2D eigenvalue weighted by Gasteiger charge is 2.21. The van der Waals surface area contributed by atoms with Crippen molar-refractivity contribution >= 4 is 17.5 Å². The molecule has 0 atom stereocenters. The van der Waals surface area contributed by atoms with E-state index in [1.54, 1.807) is 4.90 Å². The van der Waals surface area contributed by atoms with Crippen LogP contribution in [0.4, 0.5) is 0 Å². The predicted octanol–water partition coefficient (Wildman–Crippen LogP) is 2.28. The van der Waals surface area contributed by atoms with Gasteiger partial charge >= 0.3 is 0 Å². The molecule has 0 aliphatic heterocycles. The van der Waals surface area contributed by atoms with Crippen molar-refractivity contribution in [3.8, 4) is 0 Å². The van der Waals surface area contributed by atoms with Crippen molar-refractivity contribution in [1.82, 2.24) is 4.90 Å². The Morgan fingerprint density at radius 3 is 2.81 bits per heavy atom. The molecule has 0 aromatic heterocycles. The molecule has 1 aliphatic carbocycles. The van der Waals surface area contributed by atoms with Crippen molar-refractivity contribution < 1.29 is 9.53 Å². The van der Waals surface area contributed by atoms with Crippen molar-refractivity contribution in [3.63, 3.8) is 0 Å². The maximum Gasteiger partial charge on any atom is 0.222 e. The summed E-state index contributed by atoms with van der Waals surface area (Å²) in [5, 5.41) is 0. The second-order valence-electron chi connectivity index (χ2n) is 4.48. The van der Waals surface area contributed by atoms with E-state index in [0.717, 1.165) is 25.4 Å². The van der Waals surface area contributed by atoms with Crippen LogP contribution in [0.25, 0.3) is 0 Å². The Bertz CT molecular complexity index is 207. The number of hydrogen-bond acceptors (Lipinski definition) is 2. The van der Waals surface area contributed by atoms with Gasteiger partial charge in [0.05, 0.1) is 6.61 Å². The summed E-state index contributed by atoms with van der Waals surface area (Å²) in [5.41, 5.74) is 0. The molecule has 4 heteroatoms. The molecule has 0 heterocycles. The topological polar surface area (TPSA) is 29.5 Å². The largest absolute Gasteiger partial charge is 0.379 e. The first-order valence-electron chi connectivity index (χ1n) is 6.11. The molecule has 0 N–H and O–H groups in total. The molecule has 0 aromatic carbocycles. The molecule has 94 valence electrons. The minimum absolute atomic E-state index is 0.195. The van der Waals surface area contributed by atoms with Gasteiger partial charge in [0, 0.05) is 32.5 Å². The third-order valence-corrected chi connectivity index (χ3v) is 3.09. The maximum absolute atomic E-state index is 11.6. The Kier molecular flexibility index (Phi) is 6.81. The van der Waals surface area contributed by atoms with Crippen LogP contribution in [0.2, 0.25) is 0 Å². The number of unbranched alkanes of at least 4 members (excludes halogenated alkanes) is 1. The van der Waals surface area contributed by atoms with Crippen molar-refractivity contribution in [2.24, 2.45) is 5.92 Å². The molecule has 3 nitrogen and oxygen atoms in total. The van der Waals surface area contributed by atoms with Gasteiger partial charge in [-0.05, 0) is 31.6 Å². The number of likely N-dealkylation sites (N-methyl/N-ethyl adjacent to an activating group) is 1. The van der Waals surface area contributed by atoms with Crippen LogP contribution in [0.15, 0.2) is 0 Å². The van der Waals surface area contributed by atoms with Crippen molar-refractivity contribution in [3.05, 3.63) is 0 Å². The fourth-order valence-electron chi connectivity index (χ4n) is 1.42. The molecule has 1 rings (SSSR count). The number of hydrogen-bond donors (Lipinski definition) is 0. The van der Waals surface area contributed by atoms with Crippen LogP contribution in [0.1, 0.15) is 32.1 Å². The van der Waals surface area contributed by atoms with Crippen LogP contribution >= 0.6 is 11.6 Å². The Labute approximate surface area is 103 Å². The van der Waals surface area contributed by atoms with Crippen molar-refractivity contribution in [2.75, 3.05) is 32.7 Å². The normalized spacial score (nSPS) is 15.1. The molecule has 16 heavy (non-hydrogen) atoms. The summed E-state index contributed by atoms with van der Waals surface area (Å²) in [5.74, 6) is 1.63. The van der Waals surface area contributed by atoms with Gasteiger partial charge < -0.3 is 9.64 Å². The second kappa shape index (κ2) is 7.91. The minimum atomic E-state index is 0.195. The van der Waals surface area contributed by atoms with E-state index in [4.69, 9.17) is 16.3 Å². The molecule has 0 saturated heterocycles. The Morgan fingerprint density at radius 2 is 2.19 bits per heavy atom. The maximum atomic E-state index is 11.6. The molecule has 0 radical (unpaired) electrons. The van der Waals surface area contributed by atoms with Gasteiger partial charge in [-0.15, -0.1) is 11.6 Å². The van der Waals surface area contributed by atoms with Crippen LogP contribution in [-0.4, -0.2) is 43.5 Å². The fraction of sp³-hybridized carbons (Fsp3) is 0.917.